The molecule has 0 fully saturated rings. The Kier molecular flexibility index (Phi) is 7.69. The Hall–Kier alpha value is -2.29. The van der Waals surface area contributed by atoms with Crippen molar-refractivity contribution in [2.45, 2.75) is 4.90 Å². The van der Waals surface area contributed by atoms with Gasteiger partial charge < -0.3 is 4.74 Å². The molecule has 0 bridgehead atoms. The summed E-state index contributed by atoms with van der Waals surface area (Å²) in [6.07, 6.45) is 0. The second-order valence-electron chi connectivity index (χ2n) is 6.38. The summed E-state index contributed by atoms with van der Waals surface area (Å²) in [5, 5.41) is 0.836. The molecule has 0 aliphatic carbocycles. The zero-order valence-electron chi connectivity index (χ0n) is 15.9. The van der Waals surface area contributed by atoms with Gasteiger partial charge in [-0.1, -0.05) is 46.4 Å². The van der Waals surface area contributed by atoms with Gasteiger partial charge in [0.1, 0.15) is 0 Å². The standard InChI is InChI=1S/C21H13Cl4NO5S/c22-13-3-7-17(23)16(9-13)20(27)11-31-21(28)12-1-4-14(5-2-12)26-32(29,30)15-6-8-18(24)19(25)10-15/h1-10,26H,11H2. The summed E-state index contributed by atoms with van der Waals surface area (Å²) >= 11 is 23.5. The van der Waals surface area contributed by atoms with E-state index in [2.05, 4.69) is 4.72 Å². The van der Waals surface area contributed by atoms with Gasteiger partial charge >= 0.3 is 5.97 Å². The van der Waals surface area contributed by atoms with Crippen LogP contribution < -0.4 is 4.72 Å². The van der Waals surface area contributed by atoms with E-state index in [-0.39, 0.29) is 36.8 Å². The molecular formula is C21H13Cl4NO5S. The van der Waals surface area contributed by atoms with Crippen LogP contribution in [-0.4, -0.2) is 26.8 Å². The molecule has 0 saturated carbocycles. The predicted octanol–water partition coefficient (Wildman–Crippen LogP) is 6.14. The minimum atomic E-state index is -3.92. The van der Waals surface area contributed by atoms with Crippen molar-refractivity contribution in [3.05, 3.63) is 91.9 Å². The van der Waals surface area contributed by atoms with Gasteiger partial charge in [0.25, 0.3) is 10.0 Å². The quantitative estimate of drug-likeness (QED) is 0.291. The first-order valence-electron chi connectivity index (χ1n) is 8.80. The van der Waals surface area contributed by atoms with Crippen molar-refractivity contribution in [2.24, 2.45) is 0 Å². The second-order valence-corrected chi connectivity index (χ2v) is 9.72. The van der Waals surface area contributed by atoms with E-state index in [0.717, 1.165) is 0 Å². The highest BCUT2D eigenvalue weighted by atomic mass is 35.5. The van der Waals surface area contributed by atoms with Crippen LogP contribution in [0, 0.1) is 0 Å². The summed E-state index contributed by atoms with van der Waals surface area (Å²) in [4.78, 5) is 24.4. The molecule has 3 rings (SSSR count). The van der Waals surface area contributed by atoms with Gasteiger partial charge in [-0.25, -0.2) is 13.2 Å². The van der Waals surface area contributed by atoms with Crippen LogP contribution in [0.3, 0.4) is 0 Å². The molecule has 6 nitrogen and oxygen atoms in total. The number of carbonyl (C=O) groups excluding carboxylic acids is 2. The number of rotatable bonds is 7. The van der Waals surface area contributed by atoms with E-state index in [4.69, 9.17) is 51.1 Å². The van der Waals surface area contributed by atoms with Crippen LogP contribution in [0.5, 0.6) is 0 Å². The smallest absolute Gasteiger partial charge is 0.338 e. The zero-order valence-corrected chi connectivity index (χ0v) is 19.8. The molecule has 0 atom stereocenters. The van der Waals surface area contributed by atoms with Gasteiger partial charge in [0.05, 0.1) is 25.5 Å². The number of ether oxygens (including phenoxy) is 1. The number of hydrogen-bond donors (Lipinski definition) is 1. The average molecular weight is 533 g/mol. The summed E-state index contributed by atoms with van der Waals surface area (Å²) in [7, 11) is -3.92. The lowest BCUT2D eigenvalue weighted by Gasteiger charge is -2.10. The van der Waals surface area contributed by atoms with E-state index in [9.17, 15) is 18.0 Å². The van der Waals surface area contributed by atoms with Crippen molar-refractivity contribution in [1.29, 1.82) is 0 Å². The minimum Gasteiger partial charge on any atom is -0.454 e. The first-order chi connectivity index (χ1) is 15.1. The number of carbonyl (C=O) groups is 2. The molecule has 166 valence electrons. The number of nitrogens with one attached hydrogen (secondary N) is 1. The molecule has 0 aliphatic heterocycles. The van der Waals surface area contributed by atoms with Crippen molar-refractivity contribution in [2.75, 3.05) is 11.3 Å². The molecule has 3 aromatic carbocycles. The van der Waals surface area contributed by atoms with Crippen LogP contribution in [0.2, 0.25) is 20.1 Å². The van der Waals surface area contributed by atoms with Gasteiger partial charge in [-0.2, -0.15) is 0 Å². The monoisotopic (exact) mass is 531 g/mol. The Bertz CT molecular complexity index is 1290. The first-order valence-corrected chi connectivity index (χ1v) is 11.8. The van der Waals surface area contributed by atoms with E-state index in [1.807, 2.05) is 0 Å². The van der Waals surface area contributed by atoms with Crippen LogP contribution in [0.15, 0.2) is 65.6 Å². The van der Waals surface area contributed by atoms with Gasteiger partial charge in [-0.15, -0.1) is 0 Å². The fourth-order valence-electron chi connectivity index (χ4n) is 2.54. The van der Waals surface area contributed by atoms with Crippen LogP contribution in [-0.2, 0) is 14.8 Å². The fraction of sp³-hybridized carbons (Fsp3) is 0.0476. The van der Waals surface area contributed by atoms with Crippen molar-refractivity contribution >= 4 is 73.9 Å². The minimum absolute atomic E-state index is 0.0754. The maximum atomic E-state index is 12.5. The highest BCUT2D eigenvalue weighted by Crippen LogP contribution is 2.26. The summed E-state index contributed by atoms with van der Waals surface area (Å²) in [5.41, 5.74) is 0.459. The number of esters is 1. The highest BCUT2D eigenvalue weighted by Gasteiger charge is 2.17. The lowest BCUT2D eigenvalue weighted by molar-refractivity contribution is 0.0475. The summed E-state index contributed by atoms with van der Waals surface area (Å²) in [6.45, 7) is -0.537. The maximum Gasteiger partial charge on any atom is 0.338 e. The Balaban J connectivity index is 1.64. The highest BCUT2D eigenvalue weighted by molar-refractivity contribution is 7.92. The largest absolute Gasteiger partial charge is 0.454 e. The number of halogens is 4. The number of Topliss-reactive ketones (excluding diaryl/α,β-unsaturated/α-hetero) is 1. The summed E-state index contributed by atoms with van der Waals surface area (Å²) < 4.78 is 32.4. The molecule has 0 aliphatic rings. The number of anilines is 1. The van der Waals surface area contributed by atoms with Gasteiger partial charge in [-0.3, -0.25) is 9.52 Å². The van der Waals surface area contributed by atoms with E-state index < -0.39 is 28.4 Å². The van der Waals surface area contributed by atoms with E-state index in [1.165, 1.54) is 60.7 Å². The number of ketones is 1. The normalized spacial score (nSPS) is 11.1. The summed E-state index contributed by atoms with van der Waals surface area (Å²) in [5.74, 6) is -1.28. The van der Waals surface area contributed by atoms with Crippen molar-refractivity contribution in [3.63, 3.8) is 0 Å². The molecule has 3 aromatic rings. The maximum absolute atomic E-state index is 12.5. The molecule has 0 spiro atoms. The van der Waals surface area contributed by atoms with E-state index in [1.54, 1.807) is 0 Å². The van der Waals surface area contributed by atoms with Crippen LogP contribution in [0.1, 0.15) is 20.7 Å². The van der Waals surface area contributed by atoms with Gasteiger partial charge in [0.2, 0.25) is 5.78 Å². The Morgan fingerprint density at radius 3 is 2.12 bits per heavy atom. The molecular weight excluding hydrogens is 520 g/mol. The third kappa shape index (κ3) is 5.94. The van der Waals surface area contributed by atoms with E-state index >= 15 is 0 Å². The Morgan fingerprint density at radius 2 is 1.47 bits per heavy atom. The lowest BCUT2D eigenvalue weighted by Crippen LogP contribution is -2.15. The predicted molar refractivity (Wildman–Crippen MR) is 125 cm³/mol. The average Bonchev–Trinajstić information content (AvgIpc) is 2.75. The first kappa shape index (κ1) is 24.4. The van der Waals surface area contributed by atoms with Crippen LogP contribution in [0.4, 0.5) is 5.69 Å². The number of hydrogen-bond acceptors (Lipinski definition) is 5. The molecule has 32 heavy (non-hydrogen) atoms. The third-order valence-corrected chi connectivity index (χ3v) is 6.82. The molecule has 0 amide bonds. The molecule has 0 aromatic heterocycles. The molecule has 0 saturated heterocycles. The van der Waals surface area contributed by atoms with Crippen molar-refractivity contribution < 1.29 is 22.7 Å². The molecule has 1 N–H and O–H groups in total. The van der Waals surface area contributed by atoms with Gasteiger partial charge in [0.15, 0.2) is 6.61 Å². The van der Waals surface area contributed by atoms with E-state index in [0.29, 0.717) is 5.02 Å². The molecule has 0 radical (unpaired) electrons. The van der Waals surface area contributed by atoms with Crippen LogP contribution >= 0.6 is 46.4 Å². The number of sulfonamides is 1. The SMILES string of the molecule is O=C(OCC(=O)c1cc(Cl)ccc1Cl)c1ccc(NS(=O)(=O)c2ccc(Cl)c(Cl)c2)cc1. The third-order valence-electron chi connectivity index (χ3n) is 4.14. The van der Waals surface area contributed by atoms with Crippen LogP contribution in [0.25, 0.3) is 0 Å². The second kappa shape index (κ2) is 10.1. The van der Waals surface area contributed by atoms with Crippen molar-refractivity contribution in [3.8, 4) is 0 Å². The molecule has 0 unspecified atom stereocenters. The topological polar surface area (TPSA) is 89.5 Å². The van der Waals surface area contributed by atoms with Gasteiger partial charge in [-0.05, 0) is 60.7 Å². The number of benzene rings is 3. The fourth-order valence-corrected chi connectivity index (χ4v) is 4.38. The Labute approximate surface area is 204 Å². The lowest BCUT2D eigenvalue weighted by atomic mass is 10.1. The summed E-state index contributed by atoms with van der Waals surface area (Å²) in [6, 6.07) is 13.7. The van der Waals surface area contributed by atoms with Crippen molar-refractivity contribution in [1.82, 2.24) is 0 Å². The zero-order chi connectivity index (χ0) is 23.5. The Morgan fingerprint density at radius 1 is 0.812 bits per heavy atom. The van der Waals surface area contributed by atoms with Gasteiger partial charge in [0, 0.05) is 16.3 Å². The molecule has 0 heterocycles. The molecule has 11 heteroatoms.